The number of nitrogens with zero attached hydrogens (tertiary/aromatic N) is 9. The third kappa shape index (κ3) is 3.96. The van der Waals surface area contributed by atoms with Gasteiger partial charge >= 0.3 is 0 Å². The number of aryl methyl sites for hydroxylation is 2. The molecule has 5 heterocycles. The van der Waals surface area contributed by atoms with E-state index >= 15 is 0 Å². The third-order valence-electron chi connectivity index (χ3n) is 6.39. The minimum atomic E-state index is -0.256. The highest BCUT2D eigenvalue weighted by atomic mass is 19.1. The number of anilines is 2. The highest BCUT2D eigenvalue weighted by Gasteiger charge is 2.22. The van der Waals surface area contributed by atoms with Crippen LogP contribution in [0.5, 0.6) is 0 Å². The number of hydrogen-bond acceptors (Lipinski definition) is 7. The van der Waals surface area contributed by atoms with Gasteiger partial charge in [-0.15, -0.1) is 0 Å². The maximum absolute atomic E-state index is 13.2. The fourth-order valence-electron chi connectivity index (χ4n) is 4.58. The molecule has 9 nitrogen and oxygen atoms in total. The molecule has 0 bridgehead atoms. The predicted octanol–water partition coefficient (Wildman–Crippen LogP) is 3.36. The highest BCUT2D eigenvalue weighted by molar-refractivity contribution is 5.78. The van der Waals surface area contributed by atoms with E-state index in [1.807, 2.05) is 35.6 Å². The summed E-state index contributed by atoms with van der Waals surface area (Å²) in [5.41, 5.74) is 5.88. The zero-order chi connectivity index (χ0) is 23.9. The molecule has 6 rings (SSSR count). The maximum atomic E-state index is 13.2. The Morgan fingerprint density at radius 1 is 0.829 bits per heavy atom. The zero-order valence-corrected chi connectivity index (χ0v) is 19.5. The van der Waals surface area contributed by atoms with Crippen molar-refractivity contribution in [1.29, 1.82) is 0 Å². The number of hydrogen-bond donors (Lipinski definition) is 0. The summed E-state index contributed by atoms with van der Waals surface area (Å²) >= 11 is 0. The minimum absolute atomic E-state index is 0.256. The zero-order valence-electron chi connectivity index (χ0n) is 19.5. The number of benzene rings is 1. The van der Waals surface area contributed by atoms with Crippen molar-refractivity contribution in [3.8, 4) is 22.3 Å². The van der Waals surface area contributed by atoms with Gasteiger partial charge in [0.1, 0.15) is 17.7 Å². The molecule has 0 atom stereocenters. The molecule has 5 aromatic rings. The normalized spacial score (nSPS) is 14.1. The van der Waals surface area contributed by atoms with E-state index < -0.39 is 0 Å². The van der Waals surface area contributed by atoms with Crippen molar-refractivity contribution in [3.05, 3.63) is 73.0 Å². The molecular weight excluding hydrogens is 445 g/mol. The fourth-order valence-corrected chi connectivity index (χ4v) is 4.58. The number of rotatable bonds is 4. The van der Waals surface area contributed by atoms with Crippen LogP contribution in [0.15, 0.2) is 61.4 Å². The molecule has 0 unspecified atom stereocenters. The first-order valence-electron chi connectivity index (χ1n) is 11.5. The van der Waals surface area contributed by atoms with E-state index in [1.165, 1.54) is 12.1 Å². The van der Waals surface area contributed by atoms with E-state index in [0.717, 1.165) is 65.5 Å². The maximum Gasteiger partial charge on any atom is 0.225 e. The predicted molar refractivity (Wildman–Crippen MR) is 132 cm³/mol. The molecule has 0 spiro atoms. The van der Waals surface area contributed by atoms with E-state index in [9.17, 15) is 4.39 Å². The molecule has 4 aromatic heterocycles. The lowest BCUT2D eigenvalue weighted by atomic mass is 10.1. The Bertz CT molecular complexity index is 1480. The van der Waals surface area contributed by atoms with Gasteiger partial charge in [-0.25, -0.2) is 23.9 Å². The smallest absolute Gasteiger partial charge is 0.225 e. The van der Waals surface area contributed by atoms with Gasteiger partial charge in [0, 0.05) is 74.7 Å². The molecule has 1 aliphatic heterocycles. The van der Waals surface area contributed by atoms with Crippen molar-refractivity contribution in [2.75, 3.05) is 36.0 Å². The van der Waals surface area contributed by atoms with Gasteiger partial charge in [0.15, 0.2) is 5.82 Å². The van der Waals surface area contributed by atoms with Crippen LogP contribution in [0.3, 0.4) is 0 Å². The Balaban J connectivity index is 1.19. The lowest BCUT2D eigenvalue weighted by molar-refractivity contribution is 0.628. The largest absolute Gasteiger partial charge is 0.351 e. The van der Waals surface area contributed by atoms with Gasteiger partial charge in [0.25, 0.3) is 0 Å². The molecule has 1 aliphatic rings. The average Bonchev–Trinajstić information content (AvgIpc) is 3.47. The van der Waals surface area contributed by atoms with Crippen LogP contribution in [0.4, 0.5) is 16.2 Å². The second-order valence-electron chi connectivity index (χ2n) is 8.70. The quantitative estimate of drug-likeness (QED) is 0.399. The summed E-state index contributed by atoms with van der Waals surface area (Å²) < 4.78 is 16.9. The Morgan fingerprint density at radius 3 is 2.23 bits per heavy atom. The van der Waals surface area contributed by atoms with Gasteiger partial charge in [-0.3, -0.25) is 4.68 Å². The average molecular weight is 470 g/mol. The summed E-state index contributed by atoms with van der Waals surface area (Å²) in [5, 5.41) is 8.88. The van der Waals surface area contributed by atoms with Gasteiger partial charge in [-0.1, -0.05) is 12.1 Å². The van der Waals surface area contributed by atoms with Crippen LogP contribution >= 0.6 is 0 Å². The fraction of sp³-hybridized carbons (Fsp3) is 0.240. The molecule has 0 N–H and O–H groups in total. The van der Waals surface area contributed by atoms with Crippen LogP contribution < -0.4 is 9.80 Å². The first-order chi connectivity index (χ1) is 17.0. The molecule has 1 fully saturated rings. The lowest BCUT2D eigenvalue weighted by Gasteiger charge is -2.35. The number of aromatic nitrogens is 7. The van der Waals surface area contributed by atoms with E-state index in [-0.39, 0.29) is 5.82 Å². The van der Waals surface area contributed by atoms with Gasteiger partial charge in [-0.2, -0.15) is 10.2 Å². The monoisotopic (exact) mass is 469 g/mol. The van der Waals surface area contributed by atoms with Crippen molar-refractivity contribution in [2.45, 2.75) is 6.92 Å². The summed E-state index contributed by atoms with van der Waals surface area (Å²) in [6.45, 7) is 5.16. The van der Waals surface area contributed by atoms with Crippen LogP contribution in [0.1, 0.15) is 5.69 Å². The van der Waals surface area contributed by atoms with E-state index in [0.29, 0.717) is 5.95 Å². The molecular formula is C25H24FN9. The van der Waals surface area contributed by atoms with Crippen LogP contribution in [-0.4, -0.2) is 60.5 Å². The Kier molecular flexibility index (Phi) is 5.13. The molecule has 0 amide bonds. The summed E-state index contributed by atoms with van der Waals surface area (Å²) in [5.74, 6) is 1.36. The molecule has 176 valence electrons. The molecule has 0 aliphatic carbocycles. The minimum Gasteiger partial charge on any atom is -0.351 e. The second-order valence-corrected chi connectivity index (χ2v) is 8.70. The topological polar surface area (TPSA) is 80.3 Å². The first-order valence-corrected chi connectivity index (χ1v) is 11.5. The van der Waals surface area contributed by atoms with Gasteiger partial charge in [0.2, 0.25) is 5.95 Å². The van der Waals surface area contributed by atoms with E-state index in [2.05, 4.69) is 41.0 Å². The standard InChI is InChI=1S/C25H24FN9/c1-17-22(15-32(2)31-17)19-11-23-24(29-16-30-35(23)14-19)33-7-9-34(10-8-33)25-27-12-20(13-28-25)18-3-5-21(26)6-4-18/h3-6,11-16H,7-10H2,1-2H3. The highest BCUT2D eigenvalue weighted by Crippen LogP contribution is 2.29. The summed E-state index contributed by atoms with van der Waals surface area (Å²) in [6, 6.07) is 8.48. The summed E-state index contributed by atoms with van der Waals surface area (Å²) in [4.78, 5) is 18.2. The Morgan fingerprint density at radius 2 is 1.54 bits per heavy atom. The van der Waals surface area contributed by atoms with Crippen molar-refractivity contribution in [2.24, 2.45) is 7.05 Å². The Labute approximate surface area is 201 Å². The van der Waals surface area contributed by atoms with Crippen LogP contribution in [0, 0.1) is 12.7 Å². The molecule has 0 radical (unpaired) electrons. The molecule has 10 heteroatoms. The van der Waals surface area contributed by atoms with Gasteiger partial charge in [-0.05, 0) is 30.7 Å². The van der Waals surface area contributed by atoms with Crippen molar-refractivity contribution in [3.63, 3.8) is 0 Å². The summed E-state index contributed by atoms with van der Waals surface area (Å²) in [7, 11) is 1.93. The van der Waals surface area contributed by atoms with E-state index in [4.69, 9.17) is 0 Å². The lowest BCUT2D eigenvalue weighted by Crippen LogP contribution is -2.47. The van der Waals surface area contributed by atoms with Crippen LogP contribution in [0.25, 0.3) is 27.8 Å². The number of halogens is 1. The molecule has 1 aromatic carbocycles. The van der Waals surface area contributed by atoms with Crippen LogP contribution in [0.2, 0.25) is 0 Å². The first kappa shape index (κ1) is 21.2. The number of piperazine rings is 1. The number of fused-ring (bicyclic) bond motifs is 1. The van der Waals surface area contributed by atoms with Gasteiger partial charge in [0.05, 0.1) is 5.69 Å². The second kappa shape index (κ2) is 8.46. The SMILES string of the molecule is Cc1nn(C)cc1-c1cc2c(N3CCN(c4ncc(-c5ccc(F)cc5)cn4)CC3)ncnn2c1. The van der Waals surface area contributed by atoms with Crippen molar-refractivity contribution >= 4 is 17.3 Å². The van der Waals surface area contributed by atoms with Crippen LogP contribution in [-0.2, 0) is 7.05 Å². The molecule has 35 heavy (non-hydrogen) atoms. The van der Waals surface area contributed by atoms with Gasteiger partial charge < -0.3 is 9.80 Å². The van der Waals surface area contributed by atoms with Crippen molar-refractivity contribution < 1.29 is 4.39 Å². The summed E-state index contributed by atoms with van der Waals surface area (Å²) in [6.07, 6.45) is 9.23. The third-order valence-corrected chi connectivity index (χ3v) is 6.39. The molecule has 1 saturated heterocycles. The molecule has 0 saturated carbocycles. The van der Waals surface area contributed by atoms with E-state index in [1.54, 1.807) is 30.9 Å². The van der Waals surface area contributed by atoms with Crippen molar-refractivity contribution in [1.82, 2.24) is 34.3 Å². The Hall–Kier alpha value is -4.34.